The molecule has 0 aromatic heterocycles. The van der Waals surface area contributed by atoms with E-state index in [4.69, 9.17) is 23.2 Å². The highest BCUT2D eigenvalue weighted by molar-refractivity contribution is 6.32. The van der Waals surface area contributed by atoms with Gasteiger partial charge in [0, 0.05) is 10.6 Å². The molecule has 0 fully saturated rings. The molecule has 1 N–H and O–H groups in total. The minimum Gasteiger partial charge on any atom is -0.506 e. The summed E-state index contributed by atoms with van der Waals surface area (Å²) in [6, 6.07) is 15.5. The molecule has 0 aliphatic carbocycles. The molecule has 2 aromatic carbocycles. The molecule has 2 rings (SSSR count). The summed E-state index contributed by atoms with van der Waals surface area (Å²) in [4.78, 5) is 0. The summed E-state index contributed by atoms with van der Waals surface area (Å²) in [5.74, 6) is -0.143. The zero-order valence-electron chi connectivity index (χ0n) is 9.77. The summed E-state index contributed by atoms with van der Waals surface area (Å²) < 4.78 is 0. The smallest absolute Gasteiger partial charge is 0.142 e. The topological polar surface area (TPSA) is 44.0 Å². The molecule has 0 saturated heterocycles. The van der Waals surface area contributed by atoms with Crippen molar-refractivity contribution >= 4 is 34.5 Å². The van der Waals surface area contributed by atoms with Crippen LogP contribution in [0.15, 0.2) is 48.5 Å². The summed E-state index contributed by atoms with van der Waals surface area (Å²) >= 11 is 11.8. The van der Waals surface area contributed by atoms with Crippen molar-refractivity contribution in [3.8, 4) is 6.07 Å². The Balaban J connectivity index is 2.57. The van der Waals surface area contributed by atoms with E-state index in [2.05, 4.69) is 0 Å². The summed E-state index contributed by atoms with van der Waals surface area (Å²) in [5.41, 5.74) is 1.17. The van der Waals surface area contributed by atoms with Crippen LogP contribution in [0, 0.1) is 11.3 Å². The van der Waals surface area contributed by atoms with Crippen LogP contribution in [0.3, 0.4) is 0 Å². The molecule has 0 atom stereocenters. The molecule has 0 aliphatic rings. The maximum atomic E-state index is 10.2. The molecule has 0 saturated carbocycles. The van der Waals surface area contributed by atoms with E-state index < -0.39 is 0 Å². The number of benzene rings is 2. The normalized spacial score (nSPS) is 11.6. The van der Waals surface area contributed by atoms with Gasteiger partial charge in [-0.25, -0.2) is 0 Å². The van der Waals surface area contributed by atoms with Crippen LogP contribution in [0.5, 0.6) is 0 Å². The van der Waals surface area contributed by atoms with Crippen molar-refractivity contribution in [2.75, 3.05) is 0 Å². The molecule has 94 valence electrons. The van der Waals surface area contributed by atoms with Crippen molar-refractivity contribution in [1.29, 1.82) is 5.26 Å². The molecule has 0 spiro atoms. The Morgan fingerprint density at radius 1 is 1.00 bits per heavy atom. The molecule has 2 nitrogen and oxygen atoms in total. The number of hydrogen-bond acceptors (Lipinski definition) is 2. The average molecular weight is 290 g/mol. The largest absolute Gasteiger partial charge is 0.506 e. The van der Waals surface area contributed by atoms with Crippen LogP contribution in [0.4, 0.5) is 0 Å². The third-order valence-corrected chi connectivity index (χ3v) is 3.19. The van der Waals surface area contributed by atoms with E-state index in [0.29, 0.717) is 21.2 Å². The summed E-state index contributed by atoms with van der Waals surface area (Å²) in [5, 5.41) is 20.4. The second-order valence-corrected chi connectivity index (χ2v) is 4.67. The SMILES string of the molecule is N#CC(=C(O)c1ccccc1Cl)c1ccc(Cl)cc1. The molecule has 0 heterocycles. The van der Waals surface area contributed by atoms with Crippen LogP contribution in [0.25, 0.3) is 11.3 Å². The van der Waals surface area contributed by atoms with Gasteiger partial charge in [-0.05, 0) is 29.8 Å². The van der Waals surface area contributed by atoms with E-state index >= 15 is 0 Å². The standard InChI is InChI=1S/C15H9Cl2NO/c16-11-7-5-10(6-8-11)13(9-18)15(19)12-3-1-2-4-14(12)17/h1-8,19H. The Kier molecular flexibility index (Phi) is 4.11. The lowest BCUT2D eigenvalue weighted by molar-refractivity contribution is 0.514. The molecule has 2 aromatic rings. The van der Waals surface area contributed by atoms with Gasteiger partial charge >= 0.3 is 0 Å². The summed E-state index contributed by atoms with van der Waals surface area (Å²) in [6.07, 6.45) is 0. The first-order valence-electron chi connectivity index (χ1n) is 5.47. The van der Waals surface area contributed by atoms with E-state index in [1.54, 1.807) is 48.5 Å². The Bertz CT molecular complexity index is 669. The third kappa shape index (κ3) is 2.90. The van der Waals surface area contributed by atoms with Gasteiger partial charge in [0.2, 0.25) is 0 Å². The van der Waals surface area contributed by atoms with Crippen LogP contribution < -0.4 is 0 Å². The molecular weight excluding hydrogens is 281 g/mol. The third-order valence-electron chi connectivity index (χ3n) is 2.61. The molecule has 0 bridgehead atoms. The number of rotatable bonds is 2. The van der Waals surface area contributed by atoms with Gasteiger partial charge in [-0.3, -0.25) is 0 Å². The van der Waals surface area contributed by atoms with Crippen LogP contribution in [-0.4, -0.2) is 5.11 Å². The number of hydrogen-bond donors (Lipinski definition) is 1. The number of halogens is 2. The Morgan fingerprint density at radius 3 is 2.21 bits per heavy atom. The van der Waals surface area contributed by atoms with Gasteiger partial charge in [-0.1, -0.05) is 47.5 Å². The van der Waals surface area contributed by atoms with Gasteiger partial charge in [0.25, 0.3) is 0 Å². The number of aliphatic hydroxyl groups is 1. The first-order chi connectivity index (χ1) is 9.13. The number of nitrogens with zero attached hydrogens (tertiary/aromatic N) is 1. The lowest BCUT2D eigenvalue weighted by atomic mass is 10.0. The maximum Gasteiger partial charge on any atom is 0.142 e. The van der Waals surface area contributed by atoms with Crippen LogP contribution in [0.2, 0.25) is 10.0 Å². The van der Waals surface area contributed by atoms with Gasteiger partial charge in [0.05, 0.1) is 5.02 Å². The van der Waals surface area contributed by atoms with Crippen molar-refractivity contribution in [1.82, 2.24) is 0 Å². The first-order valence-corrected chi connectivity index (χ1v) is 6.23. The monoisotopic (exact) mass is 289 g/mol. The van der Waals surface area contributed by atoms with Gasteiger partial charge < -0.3 is 5.11 Å². The van der Waals surface area contributed by atoms with Crippen molar-refractivity contribution in [2.24, 2.45) is 0 Å². The molecule has 0 radical (unpaired) electrons. The van der Waals surface area contributed by atoms with E-state index in [0.717, 1.165) is 0 Å². The highest BCUT2D eigenvalue weighted by atomic mass is 35.5. The van der Waals surface area contributed by atoms with Crippen molar-refractivity contribution in [2.45, 2.75) is 0 Å². The highest BCUT2D eigenvalue weighted by Gasteiger charge is 2.12. The van der Waals surface area contributed by atoms with Crippen LogP contribution in [-0.2, 0) is 0 Å². The van der Waals surface area contributed by atoms with E-state index in [-0.39, 0.29) is 11.3 Å². The molecule has 0 amide bonds. The molecule has 0 aliphatic heterocycles. The fraction of sp³-hybridized carbons (Fsp3) is 0. The molecule has 0 unspecified atom stereocenters. The van der Waals surface area contributed by atoms with Crippen LogP contribution >= 0.6 is 23.2 Å². The molecule has 19 heavy (non-hydrogen) atoms. The van der Waals surface area contributed by atoms with Gasteiger partial charge in [-0.15, -0.1) is 0 Å². The predicted molar refractivity (Wildman–Crippen MR) is 78.0 cm³/mol. The zero-order chi connectivity index (χ0) is 13.8. The fourth-order valence-electron chi connectivity index (χ4n) is 1.66. The molecule has 4 heteroatoms. The Hall–Kier alpha value is -1.95. The minimum absolute atomic E-state index is 0.143. The quantitative estimate of drug-likeness (QED) is 0.483. The van der Waals surface area contributed by atoms with E-state index in [9.17, 15) is 10.4 Å². The average Bonchev–Trinajstić information content (AvgIpc) is 2.42. The van der Waals surface area contributed by atoms with Gasteiger partial charge in [0.15, 0.2) is 0 Å². The minimum atomic E-state index is -0.143. The maximum absolute atomic E-state index is 10.2. The van der Waals surface area contributed by atoms with Crippen LogP contribution in [0.1, 0.15) is 11.1 Å². The van der Waals surface area contributed by atoms with E-state index in [1.807, 2.05) is 6.07 Å². The van der Waals surface area contributed by atoms with Crippen molar-refractivity contribution in [3.05, 3.63) is 69.7 Å². The zero-order valence-corrected chi connectivity index (χ0v) is 11.3. The van der Waals surface area contributed by atoms with Gasteiger partial charge in [-0.2, -0.15) is 5.26 Å². The number of aliphatic hydroxyl groups excluding tert-OH is 1. The predicted octanol–water partition coefficient (Wildman–Crippen LogP) is 4.94. The highest BCUT2D eigenvalue weighted by Crippen LogP contribution is 2.29. The lowest BCUT2D eigenvalue weighted by Crippen LogP contribution is -1.91. The van der Waals surface area contributed by atoms with Crippen molar-refractivity contribution in [3.63, 3.8) is 0 Å². The second kappa shape index (κ2) is 5.79. The van der Waals surface area contributed by atoms with Crippen molar-refractivity contribution < 1.29 is 5.11 Å². The number of nitriles is 1. The Morgan fingerprint density at radius 2 is 1.63 bits per heavy atom. The lowest BCUT2D eigenvalue weighted by Gasteiger charge is -2.06. The fourth-order valence-corrected chi connectivity index (χ4v) is 2.01. The molecular formula is C15H9Cl2NO. The number of allylic oxidation sites excluding steroid dienone is 1. The van der Waals surface area contributed by atoms with E-state index in [1.165, 1.54) is 0 Å². The first kappa shape index (κ1) is 13.5. The van der Waals surface area contributed by atoms with Gasteiger partial charge in [0.1, 0.15) is 17.4 Å². The summed E-state index contributed by atoms with van der Waals surface area (Å²) in [7, 11) is 0. The Labute approximate surface area is 121 Å². The second-order valence-electron chi connectivity index (χ2n) is 3.82. The summed E-state index contributed by atoms with van der Waals surface area (Å²) in [6.45, 7) is 0.